The highest BCUT2D eigenvalue weighted by Gasteiger charge is 2.26. The molecule has 1 aliphatic rings. The van der Waals surface area contributed by atoms with Crippen molar-refractivity contribution in [2.75, 3.05) is 19.6 Å². The highest BCUT2D eigenvalue weighted by molar-refractivity contribution is 6.42. The molecule has 5 nitrogen and oxygen atoms in total. The number of amides is 1. The molecule has 1 saturated heterocycles. The normalized spacial score (nSPS) is 18.9. The molecular weight excluding hydrogens is 351 g/mol. The zero-order chi connectivity index (χ0) is 17.7. The first-order valence-electron chi connectivity index (χ1n) is 8.02. The van der Waals surface area contributed by atoms with Gasteiger partial charge in [-0.15, -0.1) is 0 Å². The Labute approximate surface area is 152 Å². The van der Waals surface area contributed by atoms with Gasteiger partial charge in [0.2, 0.25) is 5.91 Å². The molecule has 2 rings (SSSR count). The lowest BCUT2D eigenvalue weighted by Gasteiger charge is -2.29. The van der Waals surface area contributed by atoms with Crippen molar-refractivity contribution in [3.63, 3.8) is 0 Å². The number of carboxylic acid groups (broad SMARTS) is 1. The number of aliphatic carboxylic acids is 1. The fourth-order valence-corrected chi connectivity index (χ4v) is 3.54. The van der Waals surface area contributed by atoms with Crippen molar-refractivity contribution >= 4 is 35.1 Å². The van der Waals surface area contributed by atoms with E-state index in [0.717, 1.165) is 37.9 Å². The van der Waals surface area contributed by atoms with E-state index in [1.54, 1.807) is 6.07 Å². The minimum atomic E-state index is -0.975. The number of nitrogens with zero attached hydrogens (tertiary/aromatic N) is 2. The van der Waals surface area contributed by atoms with E-state index in [4.69, 9.17) is 28.3 Å². The summed E-state index contributed by atoms with van der Waals surface area (Å²) in [7, 11) is 0. The molecule has 0 aliphatic carbocycles. The topological polar surface area (TPSA) is 60.9 Å². The van der Waals surface area contributed by atoms with Gasteiger partial charge in [-0.2, -0.15) is 0 Å². The second kappa shape index (κ2) is 8.70. The summed E-state index contributed by atoms with van der Waals surface area (Å²) in [4.78, 5) is 26.5. The molecule has 1 amide bonds. The summed E-state index contributed by atoms with van der Waals surface area (Å²) in [6, 6.07) is 5.58. The van der Waals surface area contributed by atoms with Gasteiger partial charge in [0, 0.05) is 26.1 Å². The fourth-order valence-electron chi connectivity index (χ4n) is 3.16. The Morgan fingerprint density at radius 1 is 1.29 bits per heavy atom. The quantitative estimate of drug-likeness (QED) is 0.861. The Bertz CT molecular complexity index is 609. The van der Waals surface area contributed by atoms with Gasteiger partial charge in [-0.3, -0.25) is 14.5 Å². The minimum Gasteiger partial charge on any atom is -0.480 e. The van der Waals surface area contributed by atoms with Gasteiger partial charge in [0.1, 0.15) is 6.54 Å². The van der Waals surface area contributed by atoms with Crippen molar-refractivity contribution in [1.29, 1.82) is 0 Å². The Kier molecular flexibility index (Phi) is 6.90. The Morgan fingerprint density at radius 3 is 2.71 bits per heavy atom. The van der Waals surface area contributed by atoms with Crippen molar-refractivity contribution in [3.05, 3.63) is 33.8 Å². The third kappa shape index (κ3) is 5.10. The zero-order valence-corrected chi connectivity index (χ0v) is 15.2. The van der Waals surface area contributed by atoms with Crippen LogP contribution >= 0.6 is 23.2 Å². The van der Waals surface area contributed by atoms with Crippen LogP contribution in [0.4, 0.5) is 0 Å². The largest absolute Gasteiger partial charge is 0.480 e. The molecule has 1 fully saturated rings. The summed E-state index contributed by atoms with van der Waals surface area (Å²) in [5.74, 6) is -1.16. The van der Waals surface area contributed by atoms with Gasteiger partial charge in [0.05, 0.1) is 10.0 Å². The maximum atomic E-state index is 11.8. The van der Waals surface area contributed by atoms with Gasteiger partial charge in [-0.05, 0) is 37.4 Å². The Morgan fingerprint density at radius 2 is 2.04 bits per heavy atom. The van der Waals surface area contributed by atoms with Gasteiger partial charge in [-0.1, -0.05) is 35.3 Å². The molecule has 1 atom stereocenters. The molecule has 7 heteroatoms. The molecule has 24 heavy (non-hydrogen) atoms. The first-order valence-corrected chi connectivity index (χ1v) is 8.78. The van der Waals surface area contributed by atoms with Crippen LogP contribution in [0.3, 0.4) is 0 Å². The second-order valence-corrected chi connectivity index (χ2v) is 6.90. The lowest BCUT2D eigenvalue weighted by molar-refractivity contribution is -0.145. The van der Waals surface area contributed by atoms with Crippen molar-refractivity contribution < 1.29 is 14.7 Å². The number of hydrogen-bond donors (Lipinski definition) is 1. The highest BCUT2D eigenvalue weighted by Crippen LogP contribution is 2.27. The van der Waals surface area contributed by atoms with E-state index in [1.165, 1.54) is 11.8 Å². The first-order chi connectivity index (χ1) is 11.4. The van der Waals surface area contributed by atoms with Crippen molar-refractivity contribution in [1.82, 2.24) is 9.80 Å². The van der Waals surface area contributed by atoms with Crippen LogP contribution in [0.2, 0.25) is 10.0 Å². The molecule has 132 valence electrons. The average Bonchev–Trinajstić information content (AvgIpc) is 2.74. The van der Waals surface area contributed by atoms with Gasteiger partial charge >= 0.3 is 5.97 Å². The standard InChI is InChI=1S/C17H22Cl2N2O3/c1-12(22)21(11-16(23)24)14-5-3-8-20(9-7-14)10-13-4-2-6-15(18)17(13)19/h2,4,6,14H,3,5,7-11H2,1H3,(H,23,24). The molecular formula is C17H22Cl2N2O3. The summed E-state index contributed by atoms with van der Waals surface area (Å²) in [6.07, 6.45) is 2.48. The van der Waals surface area contributed by atoms with E-state index in [2.05, 4.69) is 4.90 Å². The summed E-state index contributed by atoms with van der Waals surface area (Å²) in [6.45, 7) is 3.57. The van der Waals surface area contributed by atoms with Crippen LogP contribution in [-0.4, -0.2) is 52.5 Å². The van der Waals surface area contributed by atoms with Crippen LogP contribution in [-0.2, 0) is 16.1 Å². The molecule has 1 aromatic rings. The lowest BCUT2D eigenvalue weighted by Crippen LogP contribution is -2.42. The van der Waals surface area contributed by atoms with Crippen LogP contribution in [0.1, 0.15) is 31.7 Å². The first kappa shape index (κ1) is 19.0. The molecule has 1 aliphatic heterocycles. The maximum Gasteiger partial charge on any atom is 0.323 e. The maximum absolute atomic E-state index is 11.8. The Hall–Kier alpha value is -1.30. The number of rotatable bonds is 5. The molecule has 0 saturated carbocycles. The summed E-state index contributed by atoms with van der Waals surface area (Å²) < 4.78 is 0. The van der Waals surface area contributed by atoms with Crippen molar-refractivity contribution in [3.8, 4) is 0 Å². The number of carbonyl (C=O) groups is 2. The fraction of sp³-hybridized carbons (Fsp3) is 0.529. The molecule has 1 N–H and O–H groups in total. The predicted octanol–water partition coefficient (Wildman–Crippen LogP) is 3.28. The van der Waals surface area contributed by atoms with Gasteiger partial charge in [0.25, 0.3) is 0 Å². The van der Waals surface area contributed by atoms with E-state index in [9.17, 15) is 9.59 Å². The molecule has 0 spiro atoms. The summed E-state index contributed by atoms with van der Waals surface area (Å²) in [5, 5.41) is 10.1. The molecule has 0 bridgehead atoms. The van der Waals surface area contributed by atoms with E-state index in [0.29, 0.717) is 16.6 Å². The number of hydrogen-bond acceptors (Lipinski definition) is 3. The summed E-state index contributed by atoms with van der Waals surface area (Å²) >= 11 is 12.3. The third-order valence-corrected chi connectivity index (χ3v) is 5.22. The van der Waals surface area contributed by atoms with Crippen molar-refractivity contribution in [2.45, 2.75) is 38.8 Å². The number of benzene rings is 1. The number of halogens is 2. The van der Waals surface area contributed by atoms with Crippen molar-refractivity contribution in [2.24, 2.45) is 0 Å². The monoisotopic (exact) mass is 372 g/mol. The molecule has 1 aromatic carbocycles. The zero-order valence-electron chi connectivity index (χ0n) is 13.7. The van der Waals surface area contributed by atoms with Crippen LogP contribution in [0, 0.1) is 0 Å². The Balaban J connectivity index is 2.00. The second-order valence-electron chi connectivity index (χ2n) is 6.11. The molecule has 0 radical (unpaired) electrons. The minimum absolute atomic E-state index is 0.0292. The molecule has 1 unspecified atom stereocenters. The molecule has 0 aromatic heterocycles. The highest BCUT2D eigenvalue weighted by atomic mass is 35.5. The van der Waals surface area contributed by atoms with Crippen LogP contribution in [0.15, 0.2) is 18.2 Å². The predicted molar refractivity (Wildman–Crippen MR) is 94.4 cm³/mol. The smallest absolute Gasteiger partial charge is 0.323 e. The molecule has 1 heterocycles. The van der Waals surface area contributed by atoms with E-state index < -0.39 is 5.97 Å². The van der Waals surface area contributed by atoms with Crippen LogP contribution in [0.25, 0.3) is 0 Å². The number of likely N-dealkylation sites (tertiary alicyclic amines) is 1. The van der Waals surface area contributed by atoms with Gasteiger partial charge < -0.3 is 10.0 Å². The third-order valence-electron chi connectivity index (χ3n) is 4.37. The number of carboxylic acids is 1. The summed E-state index contributed by atoms with van der Waals surface area (Å²) in [5.41, 5.74) is 0.983. The SMILES string of the molecule is CC(=O)N(CC(=O)O)C1CCCN(Cc2cccc(Cl)c2Cl)CC1. The van der Waals surface area contributed by atoms with E-state index in [1.807, 2.05) is 12.1 Å². The van der Waals surface area contributed by atoms with E-state index >= 15 is 0 Å². The van der Waals surface area contributed by atoms with Crippen LogP contribution in [0.5, 0.6) is 0 Å². The van der Waals surface area contributed by atoms with Crippen LogP contribution < -0.4 is 0 Å². The van der Waals surface area contributed by atoms with Gasteiger partial charge in [-0.25, -0.2) is 0 Å². The lowest BCUT2D eigenvalue weighted by atomic mass is 10.1. The van der Waals surface area contributed by atoms with E-state index in [-0.39, 0.29) is 18.5 Å². The van der Waals surface area contributed by atoms with Gasteiger partial charge in [0.15, 0.2) is 0 Å². The average molecular weight is 373 g/mol. The number of carbonyl (C=O) groups excluding carboxylic acids is 1.